The van der Waals surface area contributed by atoms with Gasteiger partial charge in [-0.1, -0.05) is 48.5 Å². The molecular formula is C24H23N3O3. The second kappa shape index (κ2) is 9.52. The highest BCUT2D eigenvalue weighted by Gasteiger charge is 2.10. The van der Waals surface area contributed by atoms with Gasteiger partial charge in [0.2, 0.25) is 11.8 Å². The van der Waals surface area contributed by atoms with Crippen LogP contribution in [0, 0.1) is 6.92 Å². The molecule has 3 aromatic carbocycles. The maximum atomic E-state index is 12.4. The second-order valence-electron chi connectivity index (χ2n) is 6.89. The minimum atomic E-state index is -0.354. The van der Waals surface area contributed by atoms with Crippen LogP contribution < -0.4 is 16.0 Å². The first-order chi connectivity index (χ1) is 14.4. The summed E-state index contributed by atoms with van der Waals surface area (Å²) in [6, 6.07) is 22.3. The highest BCUT2D eigenvalue weighted by molar-refractivity contribution is 6.00. The molecule has 3 amide bonds. The molecule has 0 saturated carbocycles. The minimum Gasteiger partial charge on any atom is -0.343 e. The summed E-state index contributed by atoms with van der Waals surface area (Å²) >= 11 is 0. The number of carbonyl (C=O) groups excluding carboxylic acids is 3. The lowest BCUT2D eigenvalue weighted by molar-refractivity contribution is -0.115. The second-order valence-corrected chi connectivity index (χ2v) is 6.89. The average Bonchev–Trinajstić information content (AvgIpc) is 2.75. The van der Waals surface area contributed by atoms with Gasteiger partial charge in [-0.25, -0.2) is 0 Å². The molecule has 0 radical (unpaired) electrons. The fourth-order valence-corrected chi connectivity index (χ4v) is 2.94. The summed E-state index contributed by atoms with van der Waals surface area (Å²) in [6.07, 6.45) is 0. The van der Waals surface area contributed by atoms with Gasteiger partial charge in [-0.3, -0.25) is 14.4 Å². The van der Waals surface area contributed by atoms with Crippen LogP contribution in [0.4, 0.5) is 11.4 Å². The van der Waals surface area contributed by atoms with Gasteiger partial charge in [-0.2, -0.15) is 0 Å². The van der Waals surface area contributed by atoms with Crippen molar-refractivity contribution in [1.29, 1.82) is 0 Å². The van der Waals surface area contributed by atoms with E-state index in [1.807, 2.05) is 49.4 Å². The van der Waals surface area contributed by atoms with Crippen molar-refractivity contribution in [3.63, 3.8) is 0 Å². The van der Waals surface area contributed by atoms with E-state index in [0.29, 0.717) is 16.9 Å². The molecule has 6 heteroatoms. The Kier molecular flexibility index (Phi) is 6.60. The number of carbonyl (C=O) groups is 3. The molecule has 0 aliphatic carbocycles. The summed E-state index contributed by atoms with van der Waals surface area (Å²) in [7, 11) is 0. The third-order valence-corrected chi connectivity index (χ3v) is 4.50. The number of anilines is 2. The predicted molar refractivity (Wildman–Crippen MR) is 118 cm³/mol. The molecule has 3 rings (SSSR count). The van der Waals surface area contributed by atoms with Crippen LogP contribution in [0.1, 0.15) is 22.8 Å². The van der Waals surface area contributed by atoms with Crippen LogP contribution in [0.15, 0.2) is 72.8 Å². The van der Waals surface area contributed by atoms with Crippen molar-refractivity contribution < 1.29 is 14.4 Å². The molecular weight excluding hydrogens is 378 g/mol. The van der Waals surface area contributed by atoms with Gasteiger partial charge in [0.25, 0.3) is 5.91 Å². The Labute approximate surface area is 175 Å². The molecule has 3 aromatic rings. The molecule has 0 saturated heterocycles. The van der Waals surface area contributed by atoms with Crippen molar-refractivity contribution in [2.45, 2.75) is 13.8 Å². The van der Waals surface area contributed by atoms with Crippen LogP contribution in [0.2, 0.25) is 0 Å². The fourth-order valence-electron chi connectivity index (χ4n) is 2.94. The van der Waals surface area contributed by atoms with Crippen LogP contribution in [-0.2, 0) is 9.59 Å². The summed E-state index contributed by atoms with van der Waals surface area (Å²) in [6.45, 7) is 3.10. The Morgan fingerprint density at radius 3 is 2.13 bits per heavy atom. The number of hydrogen-bond acceptors (Lipinski definition) is 3. The number of rotatable bonds is 6. The van der Waals surface area contributed by atoms with E-state index < -0.39 is 0 Å². The Morgan fingerprint density at radius 2 is 1.47 bits per heavy atom. The molecule has 0 aromatic heterocycles. The largest absolute Gasteiger partial charge is 0.343 e. The lowest BCUT2D eigenvalue weighted by atomic mass is 10.0. The molecule has 0 bridgehead atoms. The molecule has 0 aliphatic heterocycles. The number of benzene rings is 3. The van der Waals surface area contributed by atoms with Gasteiger partial charge in [0.1, 0.15) is 0 Å². The maximum absolute atomic E-state index is 12.4. The highest BCUT2D eigenvalue weighted by atomic mass is 16.2. The van der Waals surface area contributed by atoms with Gasteiger partial charge in [0, 0.05) is 23.9 Å². The van der Waals surface area contributed by atoms with Gasteiger partial charge in [-0.05, 0) is 47.9 Å². The molecule has 0 aliphatic rings. The summed E-state index contributed by atoms with van der Waals surface area (Å²) in [5.74, 6) is -0.873. The predicted octanol–water partition coefficient (Wildman–Crippen LogP) is 3.99. The van der Waals surface area contributed by atoms with E-state index in [9.17, 15) is 14.4 Å². The minimum absolute atomic E-state index is 0.164. The SMILES string of the molecule is CC(=O)Nc1ccc(C)c(NC(=O)CNC(=O)c2ccc(-c3ccccc3)cc2)c1. The zero-order valence-electron chi connectivity index (χ0n) is 16.9. The first-order valence-corrected chi connectivity index (χ1v) is 9.54. The van der Waals surface area contributed by atoms with E-state index >= 15 is 0 Å². The van der Waals surface area contributed by atoms with Crippen molar-refractivity contribution in [2.75, 3.05) is 17.2 Å². The molecule has 3 N–H and O–H groups in total. The Hall–Kier alpha value is -3.93. The number of aryl methyl sites for hydroxylation is 1. The standard InChI is InChI=1S/C24H23N3O3/c1-16-8-13-21(26-17(2)28)14-22(16)27-23(29)15-25-24(30)20-11-9-19(10-12-20)18-6-4-3-5-7-18/h3-14H,15H2,1-2H3,(H,25,30)(H,26,28)(H,27,29). The van der Waals surface area contributed by atoms with E-state index in [1.165, 1.54) is 6.92 Å². The Balaban J connectivity index is 1.57. The van der Waals surface area contributed by atoms with Gasteiger partial charge in [-0.15, -0.1) is 0 Å². The zero-order valence-corrected chi connectivity index (χ0v) is 16.9. The van der Waals surface area contributed by atoms with Gasteiger partial charge < -0.3 is 16.0 Å². The molecule has 0 atom stereocenters. The molecule has 0 fully saturated rings. The van der Waals surface area contributed by atoms with E-state index in [1.54, 1.807) is 30.3 Å². The summed E-state index contributed by atoms with van der Waals surface area (Å²) < 4.78 is 0. The smallest absolute Gasteiger partial charge is 0.251 e. The van der Waals surface area contributed by atoms with Crippen LogP contribution in [0.5, 0.6) is 0 Å². The lowest BCUT2D eigenvalue weighted by Gasteiger charge is -2.12. The number of amides is 3. The highest BCUT2D eigenvalue weighted by Crippen LogP contribution is 2.21. The quantitative estimate of drug-likeness (QED) is 0.584. The van der Waals surface area contributed by atoms with E-state index in [2.05, 4.69) is 16.0 Å². The molecule has 30 heavy (non-hydrogen) atoms. The number of hydrogen-bond donors (Lipinski definition) is 3. The normalized spacial score (nSPS) is 10.2. The monoisotopic (exact) mass is 401 g/mol. The first kappa shape index (κ1) is 20.8. The maximum Gasteiger partial charge on any atom is 0.251 e. The van der Waals surface area contributed by atoms with E-state index in [0.717, 1.165) is 16.7 Å². The van der Waals surface area contributed by atoms with Crippen LogP contribution in [0.25, 0.3) is 11.1 Å². The van der Waals surface area contributed by atoms with Crippen molar-refractivity contribution >= 4 is 29.1 Å². The van der Waals surface area contributed by atoms with E-state index in [-0.39, 0.29) is 24.3 Å². The lowest BCUT2D eigenvalue weighted by Crippen LogP contribution is -2.33. The summed E-state index contributed by atoms with van der Waals surface area (Å²) in [4.78, 5) is 35.8. The average molecular weight is 401 g/mol. The Morgan fingerprint density at radius 1 is 0.800 bits per heavy atom. The molecule has 0 heterocycles. The summed E-state index contributed by atoms with van der Waals surface area (Å²) in [5, 5.41) is 8.05. The van der Waals surface area contributed by atoms with Crippen molar-refractivity contribution in [2.24, 2.45) is 0 Å². The van der Waals surface area contributed by atoms with Crippen LogP contribution in [0.3, 0.4) is 0 Å². The molecule has 0 unspecified atom stereocenters. The van der Waals surface area contributed by atoms with Crippen LogP contribution in [-0.4, -0.2) is 24.3 Å². The van der Waals surface area contributed by atoms with Crippen molar-refractivity contribution in [3.8, 4) is 11.1 Å². The van der Waals surface area contributed by atoms with Crippen molar-refractivity contribution in [3.05, 3.63) is 83.9 Å². The van der Waals surface area contributed by atoms with Crippen LogP contribution >= 0.6 is 0 Å². The molecule has 6 nitrogen and oxygen atoms in total. The third kappa shape index (κ3) is 5.54. The zero-order chi connectivity index (χ0) is 21.5. The van der Waals surface area contributed by atoms with E-state index in [4.69, 9.17) is 0 Å². The van der Waals surface area contributed by atoms with Crippen molar-refractivity contribution in [1.82, 2.24) is 5.32 Å². The topological polar surface area (TPSA) is 87.3 Å². The van der Waals surface area contributed by atoms with Gasteiger partial charge in [0.05, 0.1) is 6.54 Å². The summed E-state index contributed by atoms with van der Waals surface area (Å²) in [5.41, 5.74) is 4.57. The Bertz CT molecular complexity index is 1060. The van der Waals surface area contributed by atoms with Gasteiger partial charge >= 0.3 is 0 Å². The fraction of sp³-hybridized carbons (Fsp3) is 0.125. The first-order valence-electron chi connectivity index (χ1n) is 9.54. The third-order valence-electron chi connectivity index (χ3n) is 4.50. The van der Waals surface area contributed by atoms with Gasteiger partial charge in [0.15, 0.2) is 0 Å². The number of nitrogens with one attached hydrogen (secondary N) is 3. The molecule has 0 spiro atoms. The molecule has 152 valence electrons.